The highest BCUT2D eigenvalue weighted by molar-refractivity contribution is 6.02. The zero-order valence-corrected chi connectivity index (χ0v) is 9.54. The van der Waals surface area contributed by atoms with Gasteiger partial charge in [-0.2, -0.15) is 10.2 Å². The number of carboxylic acid groups (broad SMARTS) is 1. The Labute approximate surface area is 99.2 Å². The van der Waals surface area contributed by atoms with Crippen LogP contribution in [0, 0.1) is 0 Å². The van der Waals surface area contributed by atoms with Gasteiger partial charge in [-0.05, 0) is 18.6 Å². The van der Waals surface area contributed by atoms with E-state index < -0.39 is 17.8 Å². The number of carbonyl (C=O) groups excluding carboxylic acids is 1. The van der Waals surface area contributed by atoms with Crippen LogP contribution < -0.4 is 0 Å². The normalized spacial score (nSPS) is 12.5. The van der Waals surface area contributed by atoms with E-state index in [0.29, 0.717) is 12.1 Å². The lowest BCUT2D eigenvalue weighted by molar-refractivity contribution is -0.142. The van der Waals surface area contributed by atoms with Crippen molar-refractivity contribution < 1.29 is 14.7 Å². The summed E-state index contributed by atoms with van der Waals surface area (Å²) in [6, 6.07) is 7.32. The highest BCUT2D eigenvalue weighted by Gasteiger charge is 2.24. The Kier molecular flexibility index (Phi) is 5.00. The predicted octanol–water partition coefficient (Wildman–Crippen LogP) is 2.59. The smallest absolute Gasteiger partial charge is 0.338 e. The number of benzene rings is 1. The van der Waals surface area contributed by atoms with Crippen molar-refractivity contribution in [2.24, 2.45) is 10.2 Å². The summed E-state index contributed by atoms with van der Waals surface area (Å²) < 4.78 is 0. The molecule has 1 rings (SSSR count). The van der Waals surface area contributed by atoms with Crippen LogP contribution in [0.15, 0.2) is 40.6 Å². The average molecular weight is 234 g/mol. The van der Waals surface area contributed by atoms with E-state index in [1.165, 1.54) is 0 Å². The SMILES string of the molecule is CCCC(=O)C(N=Nc1ccccc1)C(=O)O. The van der Waals surface area contributed by atoms with Crippen molar-refractivity contribution in [3.8, 4) is 0 Å². The second-order valence-corrected chi connectivity index (χ2v) is 3.51. The standard InChI is InChI=1S/C12H14N2O3/c1-2-6-10(15)11(12(16)17)14-13-9-7-4-3-5-8-9/h3-5,7-8,11H,2,6H2,1H3,(H,16,17). The van der Waals surface area contributed by atoms with E-state index in [1.54, 1.807) is 24.3 Å². The fourth-order valence-electron chi connectivity index (χ4n) is 1.25. The van der Waals surface area contributed by atoms with Crippen LogP contribution in [-0.4, -0.2) is 22.9 Å². The molecule has 0 aromatic heterocycles. The number of azo groups is 1. The predicted molar refractivity (Wildman–Crippen MR) is 62.3 cm³/mol. The summed E-state index contributed by atoms with van der Waals surface area (Å²) in [6.45, 7) is 1.81. The third kappa shape index (κ3) is 4.14. The lowest BCUT2D eigenvalue weighted by Gasteiger charge is -2.03. The number of aliphatic carboxylic acids is 1. The van der Waals surface area contributed by atoms with Gasteiger partial charge in [-0.3, -0.25) is 4.79 Å². The summed E-state index contributed by atoms with van der Waals surface area (Å²) >= 11 is 0. The molecule has 0 aliphatic carbocycles. The van der Waals surface area contributed by atoms with Crippen molar-refractivity contribution in [2.75, 3.05) is 0 Å². The van der Waals surface area contributed by atoms with Crippen LogP contribution in [0.4, 0.5) is 5.69 Å². The molecular formula is C12H14N2O3. The summed E-state index contributed by atoms with van der Waals surface area (Å²) in [5.41, 5.74) is 0.531. The second-order valence-electron chi connectivity index (χ2n) is 3.51. The molecule has 5 heteroatoms. The maximum Gasteiger partial charge on any atom is 0.338 e. The van der Waals surface area contributed by atoms with E-state index in [9.17, 15) is 9.59 Å². The molecule has 0 saturated carbocycles. The molecular weight excluding hydrogens is 220 g/mol. The largest absolute Gasteiger partial charge is 0.479 e. The number of hydrogen-bond acceptors (Lipinski definition) is 4. The van der Waals surface area contributed by atoms with Gasteiger partial charge in [0.15, 0.2) is 5.78 Å². The Bertz CT molecular complexity index is 415. The molecule has 0 aliphatic heterocycles. The van der Waals surface area contributed by atoms with Gasteiger partial charge in [0, 0.05) is 6.42 Å². The Hall–Kier alpha value is -2.04. The van der Waals surface area contributed by atoms with E-state index >= 15 is 0 Å². The maximum atomic E-state index is 11.5. The maximum absolute atomic E-state index is 11.5. The van der Waals surface area contributed by atoms with Crippen LogP contribution in [0.25, 0.3) is 0 Å². The van der Waals surface area contributed by atoms with E-state index in [-0.39, 0.29) is 6.42 Å². The van der Waals surface area contributed by atoms with Crippen molar-refractivity contribution in [1.82, 2.24) is 0 Å². The first-order valence-corrected chi connectivity index (χ1v) is 5.36. The van der Waals surface area contributed by atoms with Crippen LogP contribution in [-0.2, 0) is 9.59 Å². The highest BCUT2D eigenvalue weighted by atomic mass is 16.4. The number of ketones is 1. The molecule has 5 nitrogen and oxygen atoms in total. The lowest BCUT2D eigenvalue weighted by atomic mass is 10.1. The number of nitrogens with zero attached hydrogens (tertiary/aromatic N) is 2. The summed E-state index contributed by atoms with van der Waals surface area (Å²) in [6.07, 6.45) is 0.800. The van der Waals surface area contributed by atoms with Gasteiger partial charge >= 0.3 is 5.97 Å². The van der Waals surface area contributed by atoms with E-state index in [2.05, 4.69) is 10.2 Å². The van der Waals surface area contributed by atoms with Crippen molar-refractivity contribution in [2.45, 2.75) is 25.8 Å². The molecule has 1 atom stereocenters. The molecule has 0 fully saturated rings. The molecule has 0 bridgehead atoms. The van der Waals surface area contributed by atoms with Gasteiger partial charge in [-0.15, -0.1) is 0 Å². The number of carbonyl (C=O) groups is 2. The third-order valence-electron chi connectivity index (χ3n) is 2.08. The number of carboxylic acids is 1. The van der Waals surface area contributed by atoms with Gasteiger partial charge in [-0.1, -0.05) is 25.1 Å². The summed E-state index contributed by atoms with van der Waals surface area (Å²) in [4.78, 5) is 22.3. The number of rotatable bonds is 6. The number of Topliss-reactive ketones (excluding diaryl/α,β-unsaturated/α-hetero) is 1. The molecule has 1 aromatic rings. The van der Waals surface area contributed by atoms with E-state index in [0.717, 1.165) is 0 Å². The fourth-order valence-corrected chi connectivity index (χ4v) is 1.25. The Balaban J connectivity index is 2.77. The highest BCUT2D eigenvalue weighted by Crippen LogP contribution is 2.12. The lowest BCUT2D eigenvalue weighted by Crippen LogP contribution is -2.27. The van der Waals surface area contributed by atoms with Gasteiger partial charge in [0.1, 0.15) is 0 Å². The summed E-state index contributed by atoms with van der Waals surface area (Å²) in [7, 11) is 0. The van der Waals surface area contributed by atoms with Crippen LogP contribution in [0.3, 0.4) is 0 Å². The van der Waals surface area contributed by atoms with Crippen molar-refractivity contribution in [1.29, 1.82) is 0 Å². The minimum Gasteiger partial charge on any atom is -0.479 e. The average Bonchev–Trinajstić information content (AvgIpc) is 2.30. The van der Waals surface area contributed by atoms with Gasteiger partial charge in [0.25, 0.3) is 0 Å². The van der Waals surface area contributed by atoms with Crippen molar-refractivity contribution in [3.63, 3.8) is 0 Å². The zero-order valence-electron chi connectivity index (χ0n) is 9.54. The molecule has 0 aliphatic rings. The molecule has 90 valence electrons. The molecule has 0 radical (unpaired) electrons. The van der Waals surface area contributed by atoms with E-state index in [1.807, 2.05) is 13.0 Å². The van der Waals surface area contributed by atoms with Gasteiger partial charge < -0.3 is 5.11 Å². The van der Waals surface area contributed by atoms with Crippen LogP contribution in [0.2, 0.25) is 0 Å². The minimum absolute atomic E-state index is 0.199. The second kappa shape index (κ2) is 6.52. The third-order valence-corrected chi connectivity index (χ3v) is 2.08. The molecule has 0 spiro atoms. The van der Waals surface area contributed by atoms with Gasteiger partial charge in [-0.25, -0.2) is 4.79 Å². The topological polar surface area (TPSA) is 79.1 Å². The van der Waals surface area contributed by atoms with Gasteiger partial charge in [0.2, 0.25) is 6.04 Å². The Morgan fingerprint density at radius 2 is 1.94 bits per heavy atom. The molecule has 1 unspecified atom stereocenters. The van der Waals surface area contributed by atoms with Crippen molar-refractivity contribution >= 4 is 17.4 Å². The molecule has 1 N–H and O–H groups in total. The minimum atomic E-state index is -1.39. The fraction of sp³-hybridized carbons (Fsp3) is 0.333. The monoisotopic (exact) mass is 234 g/mol. The molecule has 0 heterocycles. The van der Waals surface area contributed by atoms with Crippen LogP contribution >= 0.6 is 0 Å². The molecule has 1 aromatic carbocycles. The quantitative estimate of drug-likeness (QED) is 0.606. The first-order chi connectivity index (χ1) is 8.15. The van der Waals surface area contributed by atoms with Gasteiger partial charge in [0.05, 0.1) is 5.69 Å². The summed E-state index contributed by atoms with van der Waals surface area (Å²) in [5.74, 6) is -1.68. The molecule has 17 heavy (non-hydrogen) atoms. The van der Waals surface area contributed by atoms with Crippen LogP contribution in [0.1, 0.15) is 19.8 Å². The zero-order chi connectivity index (χ0) is 12.7. The van der Waals surface area contributed by atoms with Crippen LogP contribution in [0.5, 0.6) is 0 Å². The van der Waals surface area contributed by atoms with Crippen molar-refractivity contribution in [3.05, 3.63) is 30.3 Å². The van der Waals surface area contributed by atoms with E-state index in [4.69, 9.17) is 5.11 Å². The Morgan fingerprint density at radius 3 is 2.47 bits per heavy atom. The number of hydrogen-bond donors (Lipinski definition) is 1. The molecule has 0 amide bonds. The summed E-state index contributed by atoms with van der Waals surface area (Å²) in [5, 5.41) is 16.2. The molecule has 0 saturated heterocycles. The Morgan fingerprint density at radius 1 is 1.29 bits per heavy atom. The first kappa shape index (κ1) is 13.0. The first-order valence-electron chi connectivity index (χ1n) is 5.36.